The Kier molecular flexibility index (Phi) is 6.23. The lowest BCUT2D eigenvalue weighted by Crippen LogP contribution is -1.98. The van der Waals surface area contributed by atoms with E-state index in [1.807, 2.05) is 0 Å². The highest BCUT2D eigenvalue weighted by molar-refractivity contribution is 7.99. The molecule has 0 bridgehead atoms. The first-order valence-electron chi connectivity index (χ1n) is 3.57. The van der Waals surface area contributed by atoms with Gasteiger partial charge in [0.05, 0.1) is 11.9 Å². The van der Waals surface area contributed by atoms with Crippen LogP contribution in [0.3, 0.4) is 0 Å². The molecule has 0 aliphatic heterocycles. The van der Waals surface area contributed by atoms with E-state index in [0.29, 0.717) is 11.3 Å². The highest BCUT2D eigenvalue weighted by atomic mass is 35.5. The molecule has 0 unspecified atom stereocenters. The van der Waals surface area contributed by atoms with Crippen molar-refractivity contribution >= 4 is 30.1 Å². The van der Waals surface area contributed by atoms with Gasteiger partial charge in [0.25, 0.3) is 0 Å². The third kappa shape index (κ3) is 5.04. The van der Waals surface area contributed by atoms with E-state index >= 15 is 0 Å². The Morgan fingerprint density at radius 1 is 1.57 bits per heavy atom. The van der Waals surface area contributed by atoms with Crippen molar-refractivity contribution in [2.45, 2.75) is 5.75 Å². The number of thioether (sulfide) groups is 1. The molecule has 1 heterocycles. The number of hydrogen-bond acceptors (Lipinski definition) is 3. The molecule has 0 aliphatic carbocycles. The van der Waals surface area contributed by atoms with Gasteiger partial charge < -0.3 is 5.11 Å². The lowest BCUT2D eigenvalue weighted by Gasteiger charge is -1.98. The molecule has 1 aromatic heterocycles. The van der Waals surface area contributed by atoms with Crippen molar-refractivity contribution in [3.05, 3.63) is 29.8 Å². The van der Waals surface area contributed by atoms with Gasteiger partial charge in [-0.05, 0) is 11.6 Å². The van der Waals surface area contributed by atoms with Crippen molar-refractivity contribution in [2.75, 3.05) is 5.75 Å². The summed E-state index contributed by atoms with van der Waals surface area (Å²) >= 11 is 1.22. The molecule has 0 radical (unpaired) electrons. The van der Waals surface area contributed by atoms with Crippen molar-refractivity contribution in [2.24, 2.45) is 0 Å². The average molecular weight is 238 g/mol. The van der Waals surface area contributed by atoms with E-state index in [0.717, 1.165) is 6.20 Å². The molecule has 3 nitrogen and oxygen atoms in total. The number of nitrogens with zero attached hydrogens (tertiary/aromatic N) is 1. The number of carboxylic acid groups (broad SMARTS) is 1. The van der Waals surface area contributed by atoms with E-state index in [-0.39, 0.29) is 18.2 Å². The first-order chi connectivity index (χ1) is 6.18. The van der Waals surface area contributed by atoms with Gasteiger partial charge in [-0.3, -0.25) is 9.78 Å². The van der Waals surface area contributed by atoms with Crippen LogP contribution >= 0.6 is 24.2 Å². The minimum atomic E-state index is -0.866. The number of aliphatic carboxylic acids is 1. The molecule has 0 saturated carbocycles. The molecule has 0 spiro atoms. The van der Waals surface area contributed by atoms with Crippen LogP contribution in [-0.2, 0) is 10.5 Å². The summed E-state index contributed by atoms with van der Waals surface area (Å²) in [7, 11) is 0. The van der Waals surface area contributed by atoms with E-state index in [2.05, 4.69) is 4.98 Å². The minimum Gasteiger partial charge on any atom is -0.481 e. The van der Waals surface area contributed by atoms with E-state index in [4.69, 9.17) is 5.11 Å². The van der Waals surface area contributed by atoms with Crippen LogP contribution in [0.25, 0.3) is 0 Å². The van der Waals surface area contributed by atoms with Crippen molar-refractivity contribution < 1.29 is 14.3 Å². The van der Waals surface area contributed by atoms with Gasteiger partial charge in [0, 0.05) is 11.9 Å². The van der Waals surface area contributed by atoms with Gasteiger partial charge in [0.2, 0.25) is 0 Å². The Morgan fingerprint density at radius 2 is 2.29 bits per heavy atom. The number of hydrogen-bond donors (Lipinski definition) is 1. The van der Waals surface area contributed by atoms with Crippen LogP contribution < -0.4 is 0 Å². The third-order valence-electron chi connectivity index (χ3n) is 1.26. The zero-order chi connectivity index (χ0) is 9.68. The largest absolute Gasteiger partial charge is 0.481 e. The summed E-state index contributed by atoms with van der Waals surface area (Å²) in [5.41, 5.74) is 0.700. The van der Waals surface area contributed by atoms with Crippen LogP contribution in [-0.4, -0.2) is 21.8 Å². The SMILES string of the molecule is Cl.O=C(O)CSCc1cncc(F)c1. The predicted molar refractivity (Wildman–Crippen MR) is 55.2 cm³/mol. The van der Waals surface area contributed by atoms with E-state index < -0.39 is 11.8 Å². The Hall–Kier alpha value is -0.810. The van der Waals surface area contributed by atoms with Crippen LogP contribution in [0.15, 0.2) is 18.5 Å². The van der Waals surface area contributed by atoms with Gasteiger partial charge in [-0.1, -0.05) is 0 Å². The Morgan fingerprint density at radius 3 is 2.86 bits per heavy atom. The van der Waals surface area contributed by atoms with Crippen molar-refractivity contribution in [3.8, 4) is 0 Å². The van der Waals surface area contributed by atoms with Crippen LogP contribution in [0.1, 0.15) is 5.56 Å². The number of carbonyl (C=O) groups is 1. The van der Waals surface area contributed by atoms with E-state index in [1.54, 1.807) is 0 Å². The topological polar surface area (TPSA) is 50.2 Å². The minimum absolute atomic E-state index is 0. The normalized spacial score (nSPS) is 9.21. The predicted octanol–water partition coefficient (Wildman–Crippen LogP) is 1.96. The van der Waals surface area contributed by atoms with Crippen molar-refractivity contribution in [3.63, 3.8) is 0 Å². The summed E-state index contributed by atoms with van der Waals surface area (Å²) in [5.74, 6) is -0.768. The monoisotopic (exact) mass is 237 g/mol. The Bertz CT molecular complexity index is 311. The van der Waals surface area contributed by atoms with Crippen LogP contribution in [0.5, 0.6) is 0 Å². The average Bonchev–Trinajstić information content (AvgIpc) is 2.03. The number of pyridine rings is 1. The van der Waals surface area contributed by atoms with Gasteiger partial charge in [0.15, 0.2) is 0 Å². The van der Waals surface area contributed by atoms with Gasteiger partial charge in [-0.15, -0.1) is 24.2 Å². The summed E-state index contributed by atoms with van der Waals surface area (Å²) in [6, 6.07) is 1.35. The van der Waals surface area contributed by atoms with Crippen LogP contribution in [0, 0.1) is 5.82 Å². The lowest BCUT2D eigenvalue weighted by atomic mass is 10.3. The summed E-state index contributed by atoms with van der Waals surface area (Å²) < 4.78 is 12.6. The summed E-state index contributed by atoms with van der Waals surface area (Å²) in [4.78, 5) is 13.8. The molecule has 1 rings (SSSR count). The Labute approximate surface area is 91.1 Å². The first kappa shape index (κ1) is 13.2. The van der Waals surface area contributed by atoms with E-state index in [1.165, 1.54) is 24.0 Å². The fourth-order valence-corrected chi connectivity index (χ4v) is 1.46. The second-order valence-corrected chi connectivity index (χ2v) is 3.38. The summed E-state index contributed by atoms with van der Waals surface area (Å²) in [5, 5.41) is 8.34. The van der Waals surface area contributed by atoms with Gasteiger partial charge in [-0.25, -0.2) is 4.39 Å². The van der Waals surface area contributed by atoms with Gasteiger partial charge in [0.1, 0.15) is 5.82 Å². The number of carboxylic acids is 1. The summed E-state index contributed by atoms with van der Waals surface area (Å²) in [6.45, 7) is 0. The van der Waals surface area contributed by atoms with Gasteiger partial charge in [-0.2, -0.15) is 0 Å². The van der Waals surface area contributed by atoms with Gasteiger partial charge >= 0.3 is 5.97 Å². The highest BCUT2D eigenvalue weighted by Gasteiger charge is 1.99. The second kappa shape index (κ2) is 6.62. The highest BCUT2D eigenvalue weighted by Crippen LogP contribution is 2.11. The molecule has 0 fully saturated rings. The number of rotatable bonds is 4. The number of halogens is 2. The molecule has 78 valence electrons. The maximum atomic E-state index is 12.6. The van der Waals surface area contributed by atoms with Crippen molar-refractivity contribution in [1.29, 1.82) is 0 Å². The van der Waals surface area contributed by atoms with Crippen LogP contribution in [0.4, 0.5) is 4.39 Å². The molecule has 0 saturated heterocycles. The fourth-order valence-electron chi connectivity index (χ4n) is 0.791. The second-order valence-electron chi connectivity index (χ2n) is 2.40. The van der Waals surface area contributed by atoms with E-state index in [9.17, 15) is 9.18 Å². The Balaban J connectivity index is 0.00000169. The smallest absolute Gasteiger partial charge is 0.313 e. The zero-order valence-corrected chi connectivity index (χ0v) is 8.78. The molecule has 0 aromatic carbocycles. The van der Waals surface area contributed by atoms with Crippen molar-refractivity contribution in [1.82, 2.24) is 4.98 Å². The zero-order valence-electron chi connectivity index (χ0n) is 7.14. The maximum absolute atomic E-state index is 12.6. The maximum Gasteiger partial charge on any atom is 0.313 e. The van der Waals surface area contributed by atoms with Crippen LogP contribution in [0.2, 0.25) is 0 Å². The third-order valence-corrected chi connectivity index (χ3v) is 2.24. The summed E-state index contributed by atoms with van der Waals surface area (Å²) in [6.07, 6.45) is 2.64. The molecule has 1 N–H and O–H groups in total. The standard InChI is InChI=1S/C8H8FNO2S.ClH/c9-7-1-6(2-10-3-7)4-13-5-8(11)12;/h1-3H,4-5H2,(H,11,12);1H. The fraction of sp³-hybridized carbons (Fsp3) is 0.250. The molecule has 0 aliphatic rings. The molecule has 0 atom stereocenters. The molecule has 14 heavy (non-hydrogen) atoms. The molecule has 6 heteroatoms. The molecule has 0 amide bonds. The first-order valence-corrected chi connectivity index (χ1v) is 4.73. The quantitative estimate of drug-likeness (QED) is 0.870. The molecule has 1 aromatic rings. The molecular formula is C8H9ClFNO2S. The number of aromatic nitrogens is 1. The molecular weight excluding hydrogens is 229 g/mol. The lowest BCUT2D eigenvalue weighted by molar-refractivity contribution is -0.133.